The lowest BCUT2D eigenvalue weighted by Crippen LogP contribution is -1.92. The molecule has 0 radical (unpaired) electrons. The fraction of sp³-hybridized carbons (Fsp3) is 0.526. The fourth-order valence-electron chi connectivity index (χ4n) is 1.73. The van der Waals surface area contributed by atoms with Crippen LogP contribution in [0.15, 0.2) is 47.3 Å². The van der Waals surface area contributed by atoms with Gasteiger partial charge in [-0.15, -0.1) is 11.8 Å². The minimum Gasteiger partial charge on any atom is -0.481 e. The Kier molecular flexibility index (Phi) is 16.8. The summed E-state index contributed by atoms with van der Waals surface area (Å²) in [6.07, 6.45) is 22.0. The Morgan fingerprint density at radius 2 is 1.50 bits per heavy atom. The van der Waals surface area contributed by atoms with Crippen molar-refractivity contribution in [3.63, 3.8) is 0 Å². The quantitative estimate of drug-likeness (QED) is 0.294. The molecule has 0 aliphatic carbocycles. The van der Waals surface area contributed by atoms with E-state index in [4.69, 9.17) is 5.11 Å². The number of rotatable bonds is 14. The maximum Gasteiger partial charge on any atom is 0.303 e. The minimum atomic E-state index is -0.719. The lowest BCUT2D eigenvalue weighted by molar-refractivity contribution is -0.137. The van der Waals surface area contributed by atoms with E-state index in [0.717, 1.165) is 19.3 Å². The third-order valence-corrected chi connectivity index (χ3v) is 3.66. The standard InChI is InChI=1S/C19H30O2S/c1-2-3-4-5-6-7-8-9-10-11-14-17-22-18-15-12-13-16-19(20)21/h6-7,9-10,14-15,17-18H,2-5,8,11-13,16H2,1H3,(H,20,21)/b7-6-,10-9-,17-14-,18-15-. The molecule has 1 N–H and O–H groups in total. The largest absolute Gasteiger partial charge is 0.481 e. The van der Waals surface area contributed by atoms with Crippen molar-refractivity contribution in [3.8, 4) is 0 Å². The monoisotopic (exact) mass is 322 g/mol. The molecule has 0 heterocycles. The highest BCUT2D eigenvalue weighted by Crippen LogP contribution is 2.07. The summed E-state index contributed by atoms with van der Waals surface area (Å²) >= 11 is 1.64. The van der Waals surface area contributed by atoms with Gasteiger partial charge in [-0.1, -0.05) is 56.2 Å². The number of thioether (sulfide) groups is 1. The minimum absolute atomic E-state index is 0.253. The molecule has 0 saturated carbocycles. The van der Waals surface area contributed by atoms with Crippen LogP contribution in [0.3, 0.4) is 0 Å². The van der Waals surface area contributed by atoms with Gasteiger partial charge in [0.15, 0.2) is 0 Å². The third-order valence-electron chi connectivity index (χ3n) is 2.96. The molecule has 0 aromatic carbocycles. The summed E-state index contributed by atoms with van der Waals surface area (Å²) in [6.45, 7) is 2.23. The summed E-state index contributed by atoms with van der Waals surface area (Å²) in [5, 5.41) is 12.6. The average molecular weight is 323 g/mol. The Balaban J connectivity index is 3.40. The van der Waals surface area contributed by atoms with Crippen LogP contribution in [0, 0.1) is 0 Å². The maximum atomic E-state index is 10.3. The van der Waals surface area contributed by atoms with E-state index in [1.165, 1.54) is 25.7 Å². The van der Waals surface area contributed by atoms with Crippen molar-refractivity contribution >= 4 is 17.7 Å². The highest BCUT2D eigenvalue weighted by Gasteiger charge is 1.92. The van der Waals surface area contributed by atoms with E-state index >= 15 is 0 Å². The molecular weight excluding hydrogens is 292 g/mol. The molecule has 0 unspecified atom stereocenters. The zero-order valence-electron chi connectivity index (χ0n) is 13.7. The van der Waals surface area contributed by atoms with Gasteiger partial charge in [-0.05, 0) is 49.3 Å². The van der Waals surface area contributed by atoms with E-state index in [-0.39, 0.29) is 6.42 Å². The number of aliphatic carboxylic acids is 1. The van der Waals surface area contributed by atoms with Gasteiger partial charge in [0.05, 0.1) is 0 Å². The van der Waals surface area contributed by atoms with E-state index in [1.807, 2.05) is 11.5 Å². The smallest absolute Gasteiger partial charge is 0.303 e. The Hall–Kier alpha value is -1.22. The predicted octanol–water partition coefficient (Wildman–Crippen LogP) is 6.47. The van der Waals surface area contributed by atoms with Crippen LogP contribution in [-0.2, 0) is 4.79 Å². The van der Waals surface area contributed by atoms with Crippen molar-refractivity contribution in [2.45, 2.75) is 64.7 Å². The van der Waals surface area contributed by atoms with Gasteiger partial charge in [0.1, 0.15) is 0 Å². The predicted molar refractivity (Wildman–Crippen MR) is 99.0 cm³/mol. The first-order chi connectivity index (χ1) is 10.8. The Labute approximate surface area is 140 Å². The van der Waals surface area contributed by atoms with Crippen LogP contribution in [0.25, 0.3) is 0 Å². The molecular formula is C19H30O2S. The first-order valence-corrected chi connectivity index (χ1v) is 9.19. The molecule has 0 aromatic rings. The van der Waals surface area contributed by atoms with Gasteiger partial charge >= 0.3 is 5.97 Å². The molecule has 0 aliphatic heterocycles. The second-order valence-corrected chi connectivity index (χ2v) is 5.89. The number of hydrogen-bond acceptors (Lipinski definition) is 2. The Morgan fingerprint density at radius 1 is 0.864 bits per heavy atom. The molecule has 2 nitrogen and oxygen atoms in total. The van der Waals surface area contributed by atoms with Crippen molar-refractivity contribution in [1.82, 2.24) is 0 Å². The van der Waals surface area contributed by atoms with Crippen LogP contribution in [-0.4, -0.2) is 11.1 Å². The molecule has 124 valence electrons. The van der Waals surface area contributed by atoms with Gasteiger partial charge < -0.3 is 5.11 Å². The molecule has 0 aromatic heterocycles. The van der Waals surface area contributed by atoms with E-state index in [2.05, 4.69) is 42.7 Å². The first-order valence-electron chi connectivity index (χ1n) is 8.24. The van der Waals surface area contributed by atoms with Crippen molar-refractivity contribution in [2.75, 3.05) is 0 Å². The number of hydrogen-bond donors (Lipinski definition) is 1. The summed E-state index contributed by atoms with van der Waals surface area (Å²) in [7, 11) is 0. The summed E-state index contributed by atoms with van der Waals surface area (Å²) in [4.78, 5) is 10.3. The normalized spacial score (nSPS) is 12.4. The van der Waals surface area contributed by atoms with Gasteiger partial charge in [-0.25, -0.2) is 0 Å². The zero-order chi connectivity index (χ0) is 16.3. The van der Waals surface area contributed by atoms with E-state index in [9.17, 15) is 4.79 Å². The topological polar surface area (TPSA) is 37.3 Å². The lowest BCUT2D eigenvalue weighted by atomic mass is 10.2. The molecule has 3 heteroatoms. The number of unbranched alkanes of at least 4 members (excludes halogenated alkanes) is 4. The van der Waals surface area contributed by atoms with Crippen LogP contribution >= 0.6 is 11.8 Å². The molecule has 0 saturated heterocycles. The van der Waals surface area contributed by atoms with Crippen molar-refractivity contribution < 1.29 is 9.90 Å². The first kappa shape index (κ1) is 20.8. The molecule has 0 spiro atoms. The van der Waals surface area contributed by atoms with Crippen LogP contribution in [0.5, 0.6) is 0 Å². The third kappa shape index (κ3) is 18.8. The van der Waals surface area contributed by atoms with Crippen LogP contribution in [0.1, 0.15) is 64.7 Å². The van der Waals surface area contributed by atoms with Crippen LogP contribution in [0.4, 0.5) is 0 Å². The maximum absolute atomic E-state index is 10.3. The highest BCUT2D eigenvalue weighted by molar-refractivity contribution is 8.04. The fourth-order valence-corrected chi connectivity index (χ4v) is 2.29. The van der Waals surface area contributed by atoms with Gasteiger partial charge in [-0.3, -0.25) is 4.79 Å². The summed E-state index contributed by atoms with van der Waals surface area (Å²) in [6, 6.07) is 0. The van der Waals surface area contributed by atoms with Crippen LogP contribution < -0.4 is 0 Å². The van der Waals surface area contributed by atoms with Crippen molar-refractivity contribution in [2.24, 2.45) is 0 Å². The average Bonchev–Trinajstić information content (AvgIpc) is 2.50. The van der Waals surface area contributed by atoms with Crippen molar-refractivity contribution in [3.05, 3.63) is 47.3 Å². The van der Waals surface area contributed by atoms with Gasteiger partial charge in [-0.2, -0.15) is 0 Å². The van der Waals surface area contributed by atoms with Crippen molar-refractivity contribution in [1.29, 1.82) is 0 Å². The van der Waals surface area contributed by atoms with E-state index < -0.39 is 5.97 Å². The molecule has 0 bridgehead atoms. The molecule has 0 fully saturated rings. The summed E-state index contributed by atoms with van der Waals surface area (Å²) in [5.41, 5.74) is 0. The molecule has 0 aliphatic rings. The van der Waals surface area contributed by atoms with Crippen LogP contribution in [0.2, 0.25) is 0 Å². The lowest BCUT2D eigenvalue weighted by Gasteiger charge is -1.90. The summed E-state index contributed by atoms with van der Waals surface area (Å²) in [5.74, 6) is -0.719. The zero-order valence-corrected chi connectivity index (χ0v) is 14.6. The highest BCUT2D eigenvalue weighted by atomic mass is 32.2. The van der Waals surface area contributed by atoms with Gasteiger partial charge in [0, 0.05) is 6.42 Å². The SMILES string of the molecule is CCCCC/C=C\C/C=C\C/C=C\S/C=C\CCCC(=O)O. The molecule has 0 amide bonds. The summed E-state index contributed by atoms with van der Waals surface area (Å²) < 4.78 is 0. The van der Waals surface area contributed by atoms with E-state index in [1.54, 1.807) is 11.8 Å². The number of carboxylic acids is 1. The number of allylic oxidation sites excluding steroid dienone is 6. The second kappa shape index (κ2) is 17.8. The number of carboxylic acid groups (broad SMARTS) is 1. The Bertz CT molecular complexity index is 368. The van der Waals surface area contributed by atoms with E-state index in [0.29, 0.717) is 6.42 Å². The molecule has 22 heavy (non-hydrogen) atoms. The van der Waals surface area contributed by atoms with Gasteiger partial charge in [0.25, 0.3) is 0 Å². The number of carbonyl (C=O) groups is 1. The molecule has 0 rings (SSSR count). The van der Waals surface area contributed by atoms with Gasteiger partial charge in [0.2, 0.25) is 0 Å². The second-order valence-electron chi connectivity index (χ2n) is 5.08. The molecule has 0 atom stereocenters. The Morgan fingerprint density at radius 3 is 2.23 bits per heavy atom.